The number of carboxylic acid groups (broad SMARTS) is 1. The van der Waals surface area contributed by atoms with E-state index in [4.69, 9.17) is 9.84 Å². The van der Waals surface area contributed by atoms with E-state index in [1.54, 1.807) is 0 Å². The minimum Gasteiger partial charge on any atom is -0.479 e. The molecule has 1 heterocycles. The normalized spacial score (nSPS) is 23.5. The van der Waals surface area contributed by atoms with E-state index in [-0.39, 0.29) is 13.0 Å². The number of epoxide rings is 1. The molecule has 0 aliphatic carbocycles. The number of benzene rings is 1. The lowest BCUT2D eigenvalue weighted by Gasteiger charge is -2.10. The zero-order chi connectivity index (χ0) is 12.7. The van der Waals surface area contributed by atoms with Crippen molar-refractivity contribution in [2.24, 2.45) is 0 Å². The zero-order valence-electron chi connectivity index (χ0n) is 8.62. The number of halogens is 3. The van der Waals surface area contributed by atoms with Crippen molar-refractivity contribution in [2.75, 3.05) is 6.61 Å². The fourth-order valence-electron chi connectivity index (χ4n) is 1.58. The van der Waals surface area contributed by atoms with E-state index >= 15 is 0 Å². The molecule has 1 aliphatic rings. The Morgan fingerprint density at radius 2 is 2.12 bits per heavy atom. The Balaban J connectivity index is 2.21. The van der Waals surface area contributed by atoms with Gasteiger partial charge < -0.3 is 9.84 Å². The van der Waals surface area contributed by atoms with Crippen LogP contribution in [0.25, 0.3) is 0 Å². The third-order valence-electron chi connectivity index (χ3n) is 2.63. The molecule has 0 amide bonds. The van der Waals surface area contributed by atoms with E-state index in [0.29, 0.717) is 5.56 Å². The molecule has 1 atom stereocenters. The van der Waals surface area contributed by atoms with E-state index in [0.717, 1.165) is 12.1 Å². The SMILES string of the molecule is O=C(O)C1(Cc2cccc(C(F)(F)F)c2)CO1. The summed E-state index contributed by atoms with van der Waals surface area (Å²) in [4.78, 5) is 10.8. The standard InChI is InChI=1S/C11H9F3O3/c12-11(13,14)8-3-1-2-7(4-8)5-10(6-17-10)9(15)16/h1-4H,5-6H2,(H,15,16). The van der Waals surface area contributed by atoms with Crippen LogP contribution in [-0.2, 0) is 22.1 Å². The molecule has 1 fully saturated rings. The number of rotatable bonds is 3. The van der Waals surface area contributed by atoms with E-state index in [1.807, 2.05) is 0 Å². The molecular weight excluding hydrogens is 237 g/mol. The highest BCUT2D eigenvalue weighted by Crippen LogP contribution is 2.34. The molecule has 0 bridgehead atoms. The second-order valence-electron chi connectivity index (χ2n) is 3.96. The monoisotopic (exact) mass is 246 g/mol. The van der Waals surface area contributed by atoms with Gasteiger partial charge in [-0.2, -0.15) is 13.2 Å². The maximum Gasteiger partial charge on any atom is 0.416 e. The van der Waals surface area contributed by atoms with Crippen molar-refractivity contribution in [1.29, 1.82) is 0 Å². The Bertz CT molecular complexity index is 450. The van der Waals surface area contributed by atoms with Crippen LogP contribution in [0.2, 0.25) is 0 Å². The second-order valence-corrected chi connectivity index (χ2v) is 3.96. The second kappa shape index (κ2) is 3.73. The molecule has 1 N–H and O–H groups in total. The number of aliphatic carboxylic acids is 1. The maximum absolute atomic E-state index is 12.4. The van der Waals surface area contributed by atoms with E-state index in [1.165, 1.54) is 12.1 Å². The average molecular weight is 246 g/mol. The maximum atomic E-state index is 12.4. The van der Waals surface area contributed by atoms with Gasteiger partial charge in [0.25, 0.3) is 0 Å². The van der Waals surface area contributed by atoms with Gasteiger partial charge in [-0.1, -0.05) is 18.2 Å². The van der Waals surface area contributed by atoms with Crippen molar-refractivity contribution in [1.82, 2.24) is 0 Å². The molecule has 2 rings (SSSR count). The number of carbonyl (C=O) groups is 1. The Labute approximate surface area is 94.8 Å². The lowest BCUT2D eigenvalue weighted by Crippen LogP contribution is -2.26. The third-order valence-corrected chi connectivity index (χ3v) is 2.63. The largest absolute Gasteiger partial charge is 0.479 e. The molecule has 6 heteroatoms. The van der Waals surface area contributed by atoms with Gasteiger partial charge in [-0.25, -0.2) is 4.79 Å². The molecular formula is C11H9F3O3. The Hall–Kier alpha value is -1.56. The number of alkyl halides is 3. The summed E-state index contributed by atoms with van der Waals surface area (Å²) in [6.07, 6.45) is -4.47. The first-order valence-corrected chi connectivity index (χ1v) is 4.87. The van der Waals surface area contributed by atoms with E-state index in [2.05, 4.69) is 0 Å². The molecule has 1 unspecified atom stereocenters. The fourth-order valence-corrected chi connectivity index (χ4v) is 1.58. The Kier molecular flexibility index (Phi) is 2.61. The number of ether oxygens (including phenoxy) is 1. The van der Waals surface area contributed by atoms with Gasteiger partial charge in [0.2, 0.25) is 0 Å². The molecule has 3 nitrogen and oxygen atoms in total. The van der Waals surface area contributed by atoms with Crippen LogP contribution >= 0.6 is 0 Å². The molecule has 17 heavy (non-hydrogen) atoms. The van der Waals surface area contributed by atoms with Crippen LogP contribution in [-0.4, -0.2) is 23.3 Å². The average Bonchev–Trinajstić information content (AvgIpc) is 2.98. The topological polar surface area (TPSA) is 49.8 Å². The fraction of sp³-hybridized carbons (Fsp3) is 0.364. The van der Waals surface area contributed by atoms with Gasteiger partial charge in [-0.15, -0.1) is 0 Å². The molecule has 0 aromatic heterocycles. The first-order valence-electron chi connectivity index (χ1n) is 4.87. The number of hydrogen-bond acceptors (Lipinski definition) is 2. The third kappa shape index (κ3) is 2.41. The van der Waals surface area contributed by atoms with Gasteiger partial charge in [0, 0.05) is 6.42 Å². The summed E-state index contributed by atoms with van der Waals surface area (Å²) in [5, 5.41) is 8.85. The van der Waals surface area contributed by atoms with Gasteiger partial charge >= 0.3 is 12.1 Å². The highest BCUT2D eigenvalue weighted by atomic mass is 19.4. The minimum atomic E-state index is -4.42. The Morgan fingerprint density at radius 1 is 1.47 bits per heavy atom. The molecule has 1 saturated heterocycles. The van der Waals surface area contributed by atoms with Crippen molar-refractivity contribution in [3.05, 3.63) is 35.4 Å². The van der Waals surface area contributed by atoms with Crippen molar-refractivity contribution < 1.29 is 27.8 Å². The number of hydrogen-bond donors (Lipinski definition) is 1. The van der Waals surface area contributed by atoms with Crippen LogP contribution in [0.15, 0.2) is 24.3 Å². The van der Waals surface area contributed by atoms with E-state index in [9.17, 15) is 18.0 Å². The van der Waals surface area contributed by atoms with Crippen LogP contribution in [0.1, 0.15) is 11.1 Å². The smallest absolute Gasteiger partial charge is 0.416 e. The minimum absolute atomic E-state index is 0.0403. The highest BCUT2D eigenvalue weighted by Gasteiger charge is 2.52. The lowest BCUT2D eigenvalue weighted by molar-refractivity contribution is -0.143. The van der Waals surface area contributed by atoms with Crippen molar-refractivity contribution in [2.45, 2.75) is 18.2 Å². The number of carboxylic acids is 1. The Morgan fingerprint density at radius 3 is 2.59 bits per heavy atom. The van der Waals surface area contributed by atoms with E-state index < -0.39 is 23.3 Å². The summed E-state index contributed by atoms with van der Waals surface area (Å²) < 4.78 is 42.1. The molecule has 0 saturated carbocycles. The summed E-state index contributed by atoms with van der Waals surface area (Å²) in [5.41, 5.74) is -1.81. The molecule has 0 spiro atoms. The summed E-state index contributed by atoms with van der Waals surface area (Å²) in [6, 6.07) is 4.62. The van der Waals surface area contributed by atoms with Crippen LogP contribution in [0.3, 0.4) is 0 Å². The van der Waals surface area contributed by atoms with Gasteiger partial charge in [0.1, 0.15) is 0 Å². The van der Waals surface area contributed by atoms with Gasteiger partial charge in [-0.05, 0) is 11.6 Å². The summed E-state index contributed by atoms with van der Waals surface area (Å²) in [6.45, 7) is 0.0403. The molecule has 1 aliphatic heterocycles. The molecule has 92 valence electrons. The summed E-state index contributed by atoms with van der Waals surface area (Å²) in [5.74, 6) is -1.14. The summed E-state index contributed by atoms with van der Waals surface area (Å²) >= 11 is 0. The predicted octanol–water partition coefficient (Wildman–Crippen LogP) is 2.10. The predicted molar refractivity (Wildman–Crippen MR) is 51.5 cm³/mol. The van der Waals surface area contributed by atoms with Crippen molar-refractivity contribution in [3.8, 4) is 0 Å². The van der Waals surface area contributed by atoms with Gasteiger partial charge in [-0.3, -0.25) is 0 Å². The van der Waals surface area contributed by atoms with Crippen LogP contribution < -0.4 is 0 Å². The molecule has 1 aromatic carbocycles. The van der Waals surface area contributed by atoms with Gasteiger partial charge in [0.15, 0.2) is 5.60 Å². The highest BCUT2D eigenvalue weighted by molar-refractivity contribution is 5.80. The van der Waals surface area contributed by atoms with Crippen molar-refractivity contribution >= 4 is 5.97 Å². The van der Waals surface area contributed by atoms with Crippen molar-refractivity contribution in [3.63, 3.8) is 0 Å². The van der Waals surface area contributed by atoms with Gasteiger partial charge in [0.05, 0.1) is 12.2 Å². The first-order chi connectivity index (χ1) is 7.83. The lowest BCUT2D eigenvalue weighted by atomic mass is 9.98. The first kappa shape index (κ1) is 11.9. The zero-order valence-corrected chi connectivity index (χ0v) is 8.62. The molecule has 1 aromatic rings. The molecule has 0 radical (unpaired) electrons. The summed E-state index contributed by atoms with van der Waals surface area (Å²) in [7, 11) is 0. The van der Waals surface area contributed by atoms with Crippen LogP contribution in [0.4, 0.5) is 13.2 Å². The quantitative estimate of drug-likeness (QED) is 0.831. The van der Waals surface area contributed by atoms with Crippen LogP contribution in [0.5, 0.6) is 0 Å². The van der Waals surface area contributed by atoms with Crippen LogP contribution in [0, 0.1) is 0 Å².